The average Bonchev–Trinajstić information content (AvgIpc) is 2.48. The number of nitrogens with zero attached hydrogens (tertiary/aromatic N) is 1. The average molecular weight is 218 g/mol. The van der Waals surface area contributed by atoms with Gasteiger partial charge in [0.05, 0.1) is 4.24 Å². The van der Waals surface area contributed by atoms with Crippen molar-refractivity contribution in [3.63, 3.8) is 0 Å². The summed E-state index contributed by atoms with van der Waals surface area (Å²) in [5, 5.41) is 0. The Morgan fingerprint density at radius 3 is 2.67 bits per heavy atom. The minimum absolute atomic E-state index is 1.33. The molecule has 0 unspecified atom stereocenters. The molecule has 0 N–H and O–H groups in total. The van der Waals surface area contributed by atoms with Crippen molar-refractivity contribution in [1.82, 2.24) is 0 Å². The summed E-state index contributed by atoms with van der Waals surface area (Å²) < 4.78 is 3.43. The van der Waals surface area contributed by atoms with Crippen molar-refractivity contribution in [1.29, 1.82) is 0 Å². The van der Waals surface area contributed by atoms with Crippen molar-refractivity contribution in [2.24, 2.45) is 0 Å². The largest absolute Gasteiger partial charge is 0.241 e. The maximum Gasteiger partial charge on any atom is 0.164 e. The molecule has 0 spiro atoms. The molecule has 0 aromatic carbocycles. The van der Waals surface area contributed by atoms with Crippen LogP contribution < -0.4 is 0 Å². The molecule has 4 heteroatoms. The van der Waals surface area contributed by atoms with Crippen LogP contribution in [0.15, 0.2) is 21.3 Å². The molecule has 0 bridgehead atoms. The number of hydrogen-bond acceptors (Lipinski definition) is 3. The van der Waals surface area contributed by atoms with Crippen LogP contribution in [0, 0.1) is 0 Å². The predicted molar refractivity (Wildman–Crippen MR) is 63.0 cm³/mol. The quantitative estimate of drug-likeness (QED) is 0.398. The standard InChI is InChI=1S/C8H12NS3/c1-9(2)5-4-7-6-8(10-3)12-11-7/h4-6H,1-3H3/q+1/b7-4-. The van der Waals surface area contributed by atoms with Gasteiger partial charge in [0.1, 0.15) is 14.1 Å². The van der Waals surface area contributed by atoms with Gasteiger partial charge in [-0.2, -0.15) is 0 Å². The van der Waals surface area contributed by atoms with Gasteiger partial charge in [-0.1, -0.05) is 10.8 Å². The Bertz CT molecular complexity index is 249. The van der Waals surface area contributed by atoms with E-state index in [2.05, 4.69) is 24.6 Å². The highest BCUT2D eigenvalue weighted by molar-refractivity contribution is 8.82. The van der Waals surface area contributed by atoms with Crippen molar-refractivity contribution in [3.8, 4) is 0 Å². The van der Waals surface area contributed by atoms with Crippen LogP contribution in [0.1, 0.15) is 0 Å². The Morgan fingerprint density at radius 2 is 2.17 bits per heavy atom. The van der Waals surface area contributed by atoms with Crippen molar-refractivity contribution in [2.45, 2.75) is 0 Å². The highest BCUT2D eigenvalue weighted by Crippen LogP contribution is 2.48. The van der Waals surface area contributed by atoms with Gasteiger partial charge in [0.2, 0.25) is 0 Å². The monoisotopic (exact) mass is 218 g/mol. The minimum atomic E-state index is 1.33. The minimum Gasteiger partial charge on any atom is -0.241 e. The first-order valence-electron chi connectivity index (χ1n) is 3.54. The first-order chi connectivity index (χ1) is 5.72. The number of rotatable bonds is 2. The van der Waals surface area contributed by atoms with Gasteiger partial charge in [0.15, 0.2) is 6.21 Å². The summed E-state index contributed by atoms with van der Waals surface area (Å²) in [6.07, 6.45) is 8.54. The summed E-state index contributed by atoms with van der Waals surface area (Å²) in [5.74, 6) is 0. The van der Waals surface area contributed by atoms with Gasteiger partial charge in [-0.05, 0) is 23.1 Å². The lowest BCUT2D eigenvalue weighted by Gasteiger charge is -1.86. The molecule has 0 aromatic rings. The van der Waals surface area contributed by atoms with Gasteiger partial charge in [0.25, 0.3) is 0 Å². The Morgan fingerprint density at radius 1 is 1.42 bits per heavy atom. The predicted octanol–water partition coefficient (Wildman–Crippen LogP) is 2.81. The van der Waals surface area contributed by atoms with E-state index >= 15 is 0 Å². The summed E-state index contributed by atoms with van der Waals surface area (Å²) in [4.78, 5) is 1.33. The van der Waals surface area contributed by atoms with Crippen LogP contribution in [0.4, 0.5) is 0 Å². The molecule has 0 saturated carbocycles. The summed E-state index contributed by atoms with van der Waals surface area (Å²) in [6.45, 7) is 0. The molecule has 0 saturated heterocycles. The number of allylic oxidation sites excluding steroid dienone is 2. The maximum atomic E-state index is 2.22. The zero-order chi connectivity index (χ0) is 8.97. The Kier molecular flexibility index (Phi) is 4.32. The van der Waals surface area contributed by atoms with Crippen molar-refractivity contribution in [2.75, 3.05) is 20.4 Å². The second kappa shape index (κ2) is 5.04. The third-order valence-corrected chi connectivity index (χ3v) is 4.98. The SMILES string of the molecule is CSC1=C/C(=C/C=[N+](C)C)SS1. The molecule has 1 nitrogen and oxygen atoms in total. The highest BCUT2D eigenvalue weighted by Gasteiger charge is 2.09. The van der Waals surface area contributed by atoms with Gasteiger partial charge in [0, 0.05) is 11.0 Å². The van der Waals surface area contributed by atoms with Crippen molar-refractivity contribution < 1.29 is 4.58 Å². The fourth-order valence-electron chi connectivity index (χ4n) is 0.645. The molecule has 0 atom stereocenters. The summed E-state index contributed by atoms with van der Waals surface area (Å²) in [6, 6.07) is 0. The van der Waals surface area contributed by atoms with Crippen LogP contribution >= 0.6 is 33.3 Å². The van der Waals surface area contributed by atoms with Gasteiger partial charge >= 0.3 is 0 Å². The van der Waals surface area contributed by atoms with Gasteiger partial charge in [-0.3, -0.25) is 0 Å². The molecule has 0 aliphatic carbocycles. The van der Waals surface area contributed by atoms with E-state index < -0.39 is 0 Å². The van der Waals surface area contributed by atoms with Crippen LogP contribution in [0.2, 0.25) is 0 Å². The molecule has 1 rings (SSSR count). The first-order valence-corrected chi connectivity index (χ1v) is 6.91. The van der Waals surface area contributed by atoms with E-state index in [1.807, 2.05) is 40.3 Å². The third-order valence-electron chi connectivity index (χ3n) is 1.22. The maximum absolute atomic E-state index is 2.22. The summed E-state index contributed by atoms with van der Waals surface area (Å²) in [7, 11) is 7.72. The lowest BCUT2D eigenvalue weighted by Crippen LogP contribution is -1.95. The normalized spacial score (nSPS) is 19.6. The molecular weight excluding hydrogens is 206 g/mol. The van der Waals surface area contributed by atoms with Gasteiger partial charge in [-0.15, -0.1) is 11.8 Å². The summed E-state index contributed by atoms with van der Waals surface area (Å²) in [5.41, 5.74) is 0. The second-order valence-electron chi connectivity index (χ2n) is 2.52. The fourth-order valence-corrected chi connectivity index (χ4v) is 3.86. The lowest BCUT2D eigenvalue weighted by molar-refractivity contribution is -0.458. The molecule has 0 radical (unpaired) electrons. The smallest absolute Gasteiger partial charge is 0.164 e. The molecular formula is C8H12NS3+. The second-order valence-corrected chi connectivity index (χ2v) is 5.87. The van der Waals surface area contributed by atoms with Crippen LogP contribution in [-0.2, 0) is 0 Å². The van der Waals surface area contributed by atoms with E-state index in [9.17, 15) is 0 Å². The Balaban J connectivity index is 2.62. The lowest BCUT2D eigenvalue weighted by atomic mass is 10.5. The Labute approximate surface area is 85.8 Å². The highest BCUT2D eigenvalue weighted by atomic mass is 33.1. The van der Waals surface area contributed by atoms with Gasteiger partial charge in [-0.25, -0.2) is 4.58 Å². The molecule has 0 aromatic heterocycles. The Hall–Kier alpha value is 0.200. The van der Waals surface area contributed by atoms with E-state index in [4.69, 9.17) is 0 Å². The van der Waals surface area contributed by atoms with Crippen LogP contribution in [0.5, 0.6) is 0 Å². The van der Waals surface area contributed by atoms with E-state index in [0.717, 1.165) is 0 Å². The fraction of sp³-hybridized carbons (Fsp3) is 0.375. The molecule has 0 fully saturated rings. The molecule has 66 valence electrons. The number of hydrogen-bond donors (Lipinski definition) is 0. The molecule has 0 amide bonds. The van der Waals surface area contributed by atoms with Crippen LogP contribution in [0.25, 0.3) is 0 Å². The zero-order valence-corrected chi connectivity index (χ0v) is 9.85. The molecule has 1 aliphatic heterocycles. The zero-order valence-electron chi connectivity index (χ0n) is 7.40. The molecule has 1 heterocycles. The third kappa shape index (κ3) is 3.29. The van der Waals surface area contributed by atoms with Crippen LogP contribution in [-0.4, -0.2) is 31.1 Å². The molecule has 1 aliphatic rings. The topological polar surface area (TPSA) is 3.01 Å². The molecule has 12 heavy (non-hydrogen) atoms. The van der Waals surface area contributed by atoms with E-state index in [1.54, 1.807) is 11.8 Å². The summed E-state index contributed by atoms with van der Waals surface area (Å²) >= 11 is 1.81. The van der Waals surface area contributed by atoms with Crippen LogP contribution in [0.3, 0.4) is 0 Å². The number of thioether (sulfide) groups is 1. The van der Waals surface area contributed by atoms with Crippen molar-refractivity contribution in [3.05, 3.63) is 21.3 Å². The van der Waals surface area contributed by atoms with Gasteiger partial charge < -0.3 is 0 Å². The van der Waals surface area contributed by atoms with E-state index in [-0.39, 0.29) is 0 Å². The van der Waals surface area contributed by atoms with E-state index in [0.29, 0.717) is 0 Å². The first kappa shape index (κ1) is 10.3. The van der Waals surface area contributed by atoms with Crippen molar-refractivity contribution >= 4 is 39.6 Å². The van der Waals surface area contributed by atoms with E-state index in [1.165, 1.54) is 9.14 Å².